The Bertz CT molecular complexity index is 716. The third-order valence-electron chi connectivity index (χ3n) is 2.76. The maximum Gasteiger partial charge on any atom is 0.349 e. The molecule has 2 aromatic carbocycles. The molecule has 0 aliphatic heterocycles. The third kappa shape index (κ3) is 4.81. The first-order valence-corrected chi connectivity index (χ1v) is 7.49. The maximum atomic E-state index is 11.8. The molecule has 0 fully saturated rings. The van der Waals surface area contributed by atoms with Gasteiger partial charge in [-0.2, -0.15) is 0 Å². The van der Waals surface area contributed by atoms with Gasteiger partial charge in [0.2, 0.25) is 5.75 Å². The van der Waals surface area contributed by atoms with Gasteiger partial charge in [0.15, 0.2) is 6.61 Å². The van der Waals surface area contributed by atoms with Gasteiger partial charge in [-0.15, -0.1) is 0 Å². The number of nitro benzene ring substituents is 1. The zero-order valence-electron chi connectivity index (χ0n) is 12.0. The van der Waals surface area contributed by atoms with Crippen LogP contribution < -0.4 is 14.2 Å². The Kier molecular flexibility index (Phi) is 5.74. The first kappa shape index (κ1) is 17.0. The van der Waals surface area contributed by atoms with Crippen molar-refractivity contribution in [1.29, 1.82) is 0 Å². The second-order valence-electron chi connectivity index (χ2n) is 4.31. The van der Waals surface area contributed by atoms with Crippen LogP contribution in [-0.4, -0.2) is 24.6 Å². The van der Waals surface area contributed by atoms with Gasteiger partial charge in [-0.3, -0.25) is 10.1 Å². The summed E-state index contributed by atoms with van der Waals surface area (Å²) >= 11 is 2.15. The maximum absolute atomic E-state index is 11.8. The van der Waals surface area contributed by atoms with E-state index < -0.39 is 10.9 Å². The summed E-state index contributed by atoms with van der Waals surface area (Å²) in [6, 6.07) is 11.0. The summed E-state index contributed by atoms with van der Waals surface area (Å²) in [6.07, 6.45) is 0. The molecule has 120 valence electrons. The summed E-state index contributed by atoms with van der Waals surface area (Å²) < 4.78 is 16.2. The number of benzene rings is 2. The van der Waals surface area contributed by atoms with Gasteiger partial charge in [0.05, 0.1) is 18.1 Å². The summed E-state index contributed by atoms with van der Waals surface area (Å²) in [5, 5.41) is 11.0. The van der Waals surface area contributed by atoms with Gasteiger partial charge in [-0.25, -0.2) is 4.79 Å². The zero-order valence-corrected chi connectivity index (χ0v) is 14.2. The van der Waals surface area contributed by atoms with Crippen molar-refractivity contribution in [2.24, 2.45) is 0 Å². The van der Waals surface area contributed by atoms with Crippen LogP contribution in [0.5, 0.6) is 17.2 Å². The Morgan fingerprint density at radius 3 is 2.43 bits per heavy atom. The van der Waals surface area contributed by atoms with Crippen LogP contribution in [0.15, 0.2) is 42.5 Å². The lowest BCUT2D eigenvalue weighted by Gasteiger charge is -2.08. The minimum atomic E-state index is -0.739. The van der Waals surface area contributed by atoms with Crippen molar-refractivity contribution in [1.82, 2.24) is 0 Å². The molecule has 0 atom stereocenters. The van der Waals surface area contributed by atoms with E-state index in [1.54, 1.807) is 12.1 Å². The van der Waals surface area contributed by atoms with Gasteiger partial charge in [0, 0.05) is 3.57 Å². The van der Waals surface area contributed by atoms with E-state index in [0.717, 1.165) is 3.57 Å². The van der Waals surface area contributed by atoms with Gasteiger partial charge in [0.1, 0.15) is 11.5 Å². The molecular formula is C15H12INO6. The SMILES string of the molecule is COc1ccc(OC(=O)COc2ccc(I)cc2)c([N+](=O)[O-])c1. The molecule has 0 saturated carbocycles. The number of nitro groups is 1. The van der Waals surface area contributed by atoms with Gasteiger partial charge in [-0.1, -0.05) is 0 Å². The van der Waals surface area contributed by atoms with Crippen LogP contribution >= 0.6 is 22.6 Å². The summed E-state index contributed by atoms with van der Waals surface area (Å²) in [5.41, 5.74) is -0.355. The molecule has 0 unspecified atom stereocenters. The number of esters is 1. The van der Waals surface area contributed by atoms with E-state index in [2.05, 4.69) is 22.6 Å². The first-order chi connectivity index (χ1) is 11.0. The van der Waals surface area contributed by atoms with E-state index in [4.69, 9.17) is 14.2 Å². The normalized spacial score (nSPS) is 10.0. The van der Waals surface area contributed by atoms with Crippen LogP contribution in [0.3, 0.4) is 0 Å². The van der Waals surface area contributed by atoms with Crippen molar-refractivity contribution in [2.75, 3.05) is 13.7 Å². The van der Waals surface area contributed by atoms with Gasteiger partial charge in [-0.05, 0) is 59.0 Å². The number of hydrogen-bond donors (Lipinski definition) is 0. The van der Waals surface area contributed by atoms with Crippen molar-refractivity contribution in [3.05, 3.63) is 56.1 Å². The molecular weight excluding hydrogens is 417 g/mol. The van der Waals surface area contributed by atoms with Crippen LogP contribution in [0.2, 0.25) is 0 Å². The topological polar surface area (TPSA) is 87.9 Å². The van der Waals surface area contributed by atoms with Gasteiger partial charge < -0.3 is 14.2 Å². The van der Waals surface area contributed by atoms with E-state index >= 15 is 0 Å². The number of nitrogens with zero attached hydrogens (tertiary/aromatic N) is 1. The van der Waals surface area contributed by atoms with Crippen molar-refractivity contribution < 1.29 is 23.9 Å². The van der Waals surface area contributed by atoms with E-state index in [1.807, 2.05) is 12.1 Å². The molecule has 0 saturated heterocycles. The molecule has 2 aromatic rings. The predicted octanol–water partition coefficient (Wildman–Crippen LogP) is 3.19. The van der Waals surface area contributed by atoms with Gasteiger partial charge in [0.25, 0.3) is 0 Å². The number of halogens is 1. The highest BCUT2D eigenvalue weighted by Gasteiger charge is 2.19. The lowest BCUT2D eigenvalue weighted by atomic mass is 10.3. The average molecular weight is 429 g/mol. The number of ether oxygens (including phenoxy) is 3. The summed E-state index contributed by atoms with van der Waals surface area (Å²) in [7, 11) is 1.39. The molecule has 0 bridgehead atoms. The van der Waals surface area contributed by atoms with Crippen molar-refractivity contribution in [3.8, 4) is 17.2 Å². The first-order valence-electron chi connectivity index (χ1n) is 6.41. The van der Waals surface area contributed by atoms with Crippen LogP contribution in [0.1, 0.15) is 0 Å². The third-order valence-corrected chi connectivity index (χ3v) is 3.48. The molecule has 0 aliphatic rings. The Morgan fingerprint density at radius 1 is 1.17 bits per heavy atom. The Hall–Kier alpha value is -2.36. The minimum Gasteiger partial charge on any atom is -0.496 e. The Labute approximate surface area is 145 Å². The summed E-state index contributed by atoms with van der Waals surface area (Å²) in [4.78, 5) is 22.1. The smallest absolute Gasteiger partial charge is 0.349 e. The molecule has 8 heteroatoms. The van der Waals surface area contributed by atoms with E-state index in [0.29, 0.717) is 11.5 Å². The monoisotopic (exact) mass is 429 g/mol. The number of carbonyl (C=O) groups excluding carboxylic acids is 1. The van der Waals surface area contributed by atoms with Crippen molar-refractivity contribution >= 4 is 34.2 Å². The fraction of sp³-hybridized carbons (Fsp3) is 0.133. The van der Waals surface area contributed by atoms with Crippen molar-refractivity contribution in [2.45, 2.75) is 0 Å². The number of rotatable bonds is 6. The lowest BCUT2D eigenvalue weighted by Crippen LogP contribution is -2.18. The fourth-order valence-electron chi connectivity index (χ4n) is 1.68. The highest BCUT2D eigenvalue weighted by Crippen LogP contribution is 2.31. The average Bonchev–Trinajstić information content (AvgIpc) is 2.54. The Balaban J connectivity index is 2.02. The molecule has 7 nitrogen and oxygen atoms in total. The van der Waals surface area contributed by atoms with E-state index in [-0.39, 0.29) is 18.0 Å². The molecule has 0 radical (unpaired) electrons. The molecule has 0 heterocycles. The lowest BCUT2D eigenvalue weighted by molar-refractivity contribution is -0.385. The standard InChI is InChI=1S/C15H12INO6/c1-21-12-6-7-14(13(8-12)17(19)20)23-15(18)9-22-11-4-2-10(16)3-5-11/h2-8H,9H2,1H3. The number of methoxy groups -OCH3 is 1. The van der Waals surface area contributed by atoms with E-state index in [1.165, 1.54) is 25.3 Å². The summed E-state index contributed by atoms with van der Waals surface area (Å²) in [5.74, 6) is -0.0953. The Morgan fingerprint density at radius 2 is 1.83 bits per heavy atom. The van der Waals surface area contributed by atoms with Crippen LogP contribution in [-0.2, 0) is 4.79 Å². The minimum absolute atomic E-state index is 0.160. The number of carbonyl (C=O) groups is 1. The van der Waals surface area contributed by atoms with Crippen molar-refractivity contribution in [3.63, 3.8) is 0 Å². The van der Waals surface area contributed by atoms with E-state index in [9.17, 15) is 14.9 Å². The zero-order chi connectivity index (χ0) is 16.8. The fourth-order valence-corrected chi connectivity index (χ4v) is 2.04. The number of hydrogen-bond acceptors (Lipinski definition) is 6. The van der Waals surface area contributed by atoms with Crippen LogP contribution in [0, 0.1) is 13.7 Å². The second kappa shape index (κ2) is 7.77. The largest absolute Gasteiger partial charge is 0.496 e. The molecule has 23 heavy (non-hydrogen) atoms. The predicted molar refractivity (Wildman–Crippen MR) is 89.9 cm³/mol. The highest BCUT2D eigenvalue weighted by molar-refractivity contribution is 14.1. The molecule has 2 rings (SSSR count). The molecule has 0 amide bonds. The second-order valence-corrected chi connectivity index (χ2v) is 5.55. The quantitative estimate of drug-likeness (QED) is 0.231. The summed E-state index contributed by atoms with van der Waals surface area (Å²) in [6.45, 7) is -0.357. The molecule has 0 spiro atoms. The molecule has 0 aromatic heterocycles. The van der Waals surface area contributed by atoms with Gasteiger partial charge >= 0.3 is 11.7 Å². The molecule has 0 aliphatic carbocycles. The van der Waals surface area contributed by atoms with Crippen LogP contribution in [0.25, 0.3) is 0 Å². The highest BCUT2D eigenvalue weighted by atomic mass is 127. The molecule has 0 N–H and O–H groups in total. The van der Waals surface area contributed by atoms with Crippen LogP contribution in [0.4, 0.5) is 5.69 Å².